The maximum Gasteiger partial charge on any atom is 0.145 e. The monoisotopic (exact) mass is 1120 g/mol. The molecule has 0 fully saturated rings. The van der Waals surface area contributed by atoms with Crippen LogP contribution in [0.25, 0.3) is 176 Å². The summed E-state index contributed by atoms with van der Waals surface area (Å²) in [5, 5.41) is 35.6. The van der Waals surface area contributed by atoms with E-state index in [4.69, 9.17) is 8.83 Å². The highest BCUT2D eigenvalue weighted by molar-refractivity contribution is 6.26. The second-order valence-electron chi connectivity index (χ2n) is 23.0. The fourth-order valence-electron chi connectivity index (χ4n) is 14.6. The summed E-state index contributed by atoms with van der Waals surface area (Å²) in [4.78, 5) is 0. The van der Waals surface area contributed by atoms with Crippen LogP contribution in [0.3, 0.4) is 0 Å². The molecule has 0 saturated heterocycles. The average Bonchev–Trinajstić information content (AvgIpc) is 1.62. The number of nitrogens with zero attached hydrogens (tertiary/aromatic N) is 6. The lowest BCUT2D eigenvalue weighted by Gasteiger charge is -2.17. The summed E-state index contributed by atoms with van der Waals surface area (Å²) in [5.74, 6) is 0. The van der Waals surface area contributed by atoms with Crippen molar-refractivity contribution >= 4 is 131 Å². The van der Waals surface area contributed by atoms with Gasteiger partial charge in [0.25, 0.3) is 0 Å². The Morgan fingerprint density at radius 1 is 0.261 bits per heavy atom. The van der Waals surface area contributed by atoms with Crippen molar-refractivity contribution in [1.29, 1.82) is 10.5 Å². The Bertz CT molecular complexity index is 5960. The predicted molar refractivity (Wildman–Crippen MR) is 359 cm³/mol. The largest absolute Gasteiger partial charge is 0.455 e. The van der Waals surface area contributed by atoms with Crippen LogP contribution in [0.5, 0.6) is 0 Å². The highest BCUT2D eigenvalue weighted by atomic mass is 16.3. The molecule has 6 aromatic heterocycles. The van der Waals surface area contributed by atoms with Gasteiger partial charge in [-0.05, 0) is 156 Å². The lowest BCUT2D eigenvalue weighted by Crippen LogP contribution is -2.05. The Morgan fingerprint density at radius 3 is 1.03 bits per heavy atom. The Hall–Kier alpha value is -12.4. The van der Waals surface area contributed by atoms with Crippen molar-refractivity contribution in [2.45, 2.75) is 0 Å². The molecule has 13 aromatic carbocycles. The minimum absolute atomic E-state index is 0.402. The van der Waals surface area contributed by atoms with Crippen LogP contribution in [0, 0.1) is 22.7 Å². The van der Waals surface area contributed by atoms with Crippen LogP contribution in [0.2, 0.25) is 0 Å². The van der Waals surface area contributed by atoms with Gasteiger partial charge in [0.15, 0.2) is 0 Å². The molecule has 0 aliphatic carbocycles. The third kappa shape index (κ3) is 6.65. The van der Waals surface area contributed by atoms with Gasteiger partial charge in [-0.15, -0.1) is 0 Å². The summed E-state index contributed by atoms with van der Waals surface area (Å²) in [6.45, 7) is 0. The molecule has 0 aliphatic heterocycles. The summed E-state index contributed by atoms with van der Waals surface area (Å²) >= 11 is 0. The quantitative estimate of drug-likeness (QED) is 0.166. The van der Waals surface area contributed by atoms with Gasteiger partial charge in [0.1, 0.15) is 34.0 Å². The number of hydrogen-bond acceptors (Lipinski definition) is 4. The number of hydrogen-bond donors (Lipinski definition) is 0. The molecule has 406 valence electrons. The molecule has 19 aromatic rings. The molecule has 0 unspecified atom stereocenters. The van der Waals surface area contributed by atoms with Crippen LogP contribution >= 0.6 is 0 Å². The smallest absolute Gasteiger partial charge is 0.145 e. The van der Waals surface area contributed by atoms with Crippen LogP contribution in [0.4, 0.5) is 0 Å². The molecule has 0 amide bonds. The van der Waals surface area contributed by atoms with Gasteiger partial charge in [-0.25, -0.2) is 0 Å². The van der Waals surface area contributed by atoms with E-state index in [1.54, 1.807) is 0 Å². The minimum atomic E-state index is 0.402. The van der Waals surface area contributed by atoms with Gasteiger partial charge in [-0.2, -0.15) is 10.5 Å². The zero-order valence-corrected chi connectivity index (χ0v) is 46.9. The van der Waals surface area contributed by atoms with Crippen molar-refractivity contribution < 1.29 is 8.83 Å². The molecule has 88 heavy (non-hydrogen) atoms. The summed E-state index contributed by atoms with van der Waals surface area (Å²) < 4.78 is 22.8. The van der Waals surface area contributed by atoms with Gasteiger partial charge >= 0.3 is 0 Å². The molecule has 0 saturated carbocycles. The highest BCUT2D eigenvalue weighted by Gasteiger charge is 2.27. The average molecular weight is 1120 g/mol. The molecular weight excluding hydrogens is 1080 g/mol. The van der Waals surface area contributed by atoms with Gasteiger partial charge < -0.3 is 27.1 Å². The summed E-state index contributed by atoms with van der Waals surface area (Å²) in [6.07, 6.45) is 0. The van der Waals surface area contributed by atoms with Crippen molar-refractivity contribution in [1.82, 2.24) is 18.3 Å². The molecule has 8 heteroatoms. The molecule has 0 bridgehead atoms. The number of rotatable bonds is 6. The third-order valence-electron chi connectivity index (χ3n) is 18.4. The van der Waals surface area contributed by atoms with Gasteiger partial charge in [0, 0.05) is 65.2 Å². The number of benzene rings is 13. The second-order valence-corrected chi connectivity index (χ2v) is 23.0. The number of nitriles is 2. The lowest BCUT2D eigenvalue weighted by molar-refractivity contribution is 0.672. The number of furan rings is 2. The van der Waals surface area contributed by atoms with E-state index >= 15 is 0 Å². The van der Waals surface area contributed by atoms with Gasteiger partial charge in [-0.3, -0.25) is 0 Å². The van der Waals surface area contributed by atoms with Crippen LogP contribution in [0.1, 0.15) is 11.1 Å². The van der Waals surface area contributed by atoms with E-state index in [-0.39, 0.29) is 0 Å². The zero-order valence-electron chi connectivity index (χ0n) is 46.9. The Morgan fingerprint density at radius 2 is 0.614 bits per heavy atom. The topological polar surface area (TPSA) is 93.6 Å². The van der Waals surface area contributed by atoms with Crippen molar-refractivity contribution in [2.75, 3.05) is 0 Å². The maximum atomic E-state index is 11.9. The fourth-order valence-corrected chi connectivity index (χ4v) is 14.6. The second kappa shape index (κ2) is 18.1. The van der Waals surface area contributed by atoms with Crippen LogP contribution in [0.15, 0.2) is 276 Å². The number of fused-ring (bicyclic) bond motifs is 20. The molecule has 0 atom stereocenters. The van der Waals surface area contributed by atoms with E-state index in [0.717, 1.165) is 154 Å². The lowest BCUT2D eigenvalue weighted by atomic mass is 10.00. The first-order valence-electron chi connectivity index (χ1n) is 29.5. The molecule has 0 N–H and O–H groups in total. The van der Waals surface area contributed by atoms with Gasteiger partial charge in [-0.1, -0.05) is 133 Å². The van der Waals surface area contributed by atoms with Crippen molar-refractivity contribution in [3.05, 3.63) is 278 Å². The summed E-state index contributed by atoms with van der Waals surface area (Å²) in [6, 6.07) is 98.8. The van der Waals surface area contributed by atoms with Crippen molar-refractivity contribution in [3.63, 3.8) is 0 Å². The molecular formula is C80H44N6O2. The highest BCUT2D eigenvalue weighted by Crippen LogP contribution is 2.47. The van der Waals surface area contributed by atoms with E-state index in [2.05, 4.69) is 249 Å². The van der Waals surface area contributed by atoms with Crippen molar-refractivity contribution in [2.24, 2.45) is 0 Å². The fraction of sp³-hybridized carbons (Fsp3) is 0. The van der Waals surface area contributed by atoms with Crippen LogP contribution in [-0.2, 0) is 0 Å². The van der Waals surface area contributed by atoms with Crippen LogP contribution in [-0.4, -0.2) is 18.3 Å². The first kappa shape index (κ1) is 48.1. The third-order valence-corrected chi connectivity index (χ3v) is 18.4. The standard InChI is InChI=1S/C80H44N6O2/c81-45-47-39-73(85-69-35-29-50(43-62(69)77-71(85)37-31-58-56-21-9-13-25-75(56)87-79(58)77)48-27-33-67-60(41-48)54-19-7-11-23-65(54)83(67)52-15-3-1-4-16-52)64(46-82)74(40-47)86-70-36-30-51(44-63(70)78-72(86)38-32-59-57-22-10-14-26-76(57)88-80(59)78)49-28-34-68-61(42-49)55-20-8-12-24-66(55)84(68)53-17-5-2-6-18-53/h1-44H. The molecule has 0 aliphatic rings. The number of para-hydroxylation sites is 6. The minimum Gasteiger partial charge on any atom is -0.455 e. The van der Waals surface area contributed by atoms with E-state index < -0.39 is 0 Å². The van der Waals surface area contributed by atoms with E-state index in [1.165, 1.54) is 10.8 Å². The van der Waals surface area contributed by atoms with E-state index in [1.807, 2.05) is 48.5 Å². The van der Waals surface area contributed by atoms with E-state index in [0.29, 0.717) is 22.5 Å². The van der Waals surface area contributed by atoms with Crippen molar-refractivity contribution in [3.8, 4) is 57.1 Å². The van der Waals surface area contributed by atoms with E-state index in [9.17, 15) is 10.5 Å². The molecule has 8 nitrogen and oxygen atoms in total. The summed E-state index contributed by atoms with van der Waals surface area (Å²) in [5.41, 5.74) is 19.4. The predicted octanol–water partition coefficient (Wildman–Crippen LogP) is 21.0. The van der Waals surface area contributed by atoms with Gasteiger partial charge in [0.05, 0.1) is 77.9 Å². The molecule has 0 spiro atoms. The Kier molecular flexibility index (Phi) is 9.87. The summed E-state index contributed by atoms with van der Waals surface area (Å²) in [7, 11) is 0. The molecule has 0 radical (unpaired) electrons. The Balaban J connectivity index is 0.850. The Labute approximate surface area is 501 Å². The molecule has 19 rings (SSSR count). The number of aromatic nitrogens is 4. The SMILES string of the molecule is N#Cc1cc(-n2c3ccc(-c4ccc5c(c4)c4ccccc4n5-c4ccccc4)cc3c3c4oc5ccccc5c4ccc32)c(C#N)c(-n2c3ccc(-c4ccc5c(c4)c4ccccc4n5-c4ccccc4)cc3c3c4oc5ccccc5c4ccc32)c1. The maximum absolute atomic E-state index is 11.9. The zero-order chi connectivity index (χ0) is 57.9. The normalized spacial score (nSPS) is 12.1. The van der Waals surface area contributed by atoms with Gasteiger partial charge in [0.2, 0.25) is 0 Å². The molecule has 6 heterocycles. The first-order chi connectivity index (χ1) is 43.6. The first-order valence-corrected chi connectivity index (χ1v) is 29.5. The van der Waals surface area contributed by atoms with Crippen LogP contribution < -0.4 is 0 Å².